The summed E-state index contributed by atoms with van der Waals surface area (Å²) in [6, 6.07) is 6.03. The average Bonchev–Trinajstić information content (AvgIpc) is 3.28. The molecule has 1 aliphatic carbocycles. The van der Waals surface area contributed by atoms with E-state index in [0.717, 1.165) is 18.4 Å². The highest BCUT2D eigenvalue weighted by Gasteiger charge is 2.33. The van der Waals surface area contributed by atoms with Crippen LogP contribution >= 0.6 is 0 Å². The summed E-state index contributed by atoms with van der Waals surface area (Å²) in [6.45, 7) is 4.61. The van der Waals surface area contributed by atoms with Crippen molar-refractivity contribution in [1.82, 2.24) is 10.6 Å². The Morgan fingerprint density at radius 2 is 2.00 bits per heavy atom. The zero-order valence-corrected chi connectivity index (χ0v) is 13.2. The van der Waals surface area contributed by atoms with Gasteiger partial charge in [0, 0.05) is 13.2 Å². The fourth-order valence-electron chi connectivity index (χ4n) is 2.48. The minimum atomic E-state index is -0.270. The first kappa shape index (κ1) is 16.7. The van der Waals surface area contributed by atoms with Crippen LogP contribution in [0.1, 0.15) is 44.7 Å². The fraction of sp³-hybridized carbons (Fsp3) is 0.588. The van der Waals surface area contributed by atoms with Crippen molar-refractivity contribution >= 4 is 6.03 Å². The van der Waals surface area contributed by atoms with E-state index >= 15 is 0 Å². The normalized spacial score (nSPS) is 16.2. The summed E-state index contributed by atoms with van der Waals surface area (Å²) in [4.78, 5) is 12.1. The Bertz CT molecular complexity index is 498. The number of carbonyl (C=O) groups excluding carboxylic acids is 1. The van der Waals surface area contributed by atoms with Crippen LogP contribution in [-0.2, 0) is 0 Å². The summed E-state index contributed by atoms with van der Waals surface area (Å²) in [5.74, 6) is 0.162. The van der Waals surface area contributed by atoms with Gasteiger partial charge in [-0.2, -0.15) is 0 Å². The van der Waals surface area contributed by atoms with Gasteiger partial charge in [-0.25, -0.2) is 9.18 Å². The Balaban J connectivity index is 1.91. The van der Waals surface area contributed by atoms with Gasteiger partial charge in [0.25, 0.3) is 0 Å². The summed E-state index contributed by atoms with van der Waals surface area (Å²) < 4.78 is 13.0. The van der Waals surface area contributed by atoms with E-state index in [2.05, 4.69) is 10.6 Å². The monoisotopic (exact) mass is 308 g/mol. The van der Waals surface area contributed by atoms with E-state index in [1.54, 1.807) is 12.1 Å². The molecule has 0 aliphatic heterocycles. The lowest BCUT2D eigenvalue weighted by atomic mass is 9.90. The van der Waals surface area contributed by atoms with Crippen molar-refractivity contribution in [3.63, 3.8) is 0 Å². The number of nitrogens with one attached hydrogen (secondary N) is 2. The Morgan fingerprint density at radius 3 is 2.55 bits per heavy atom. The van der Waals surface area contributed by atoms with E-state index in [9.17, 15) is 9.18 Å². The zero-order chi connectivity index (χ0) is 16.2. The van der Waals surface area contributed by atoms with Gasteiger partial charge in [0.15, 0.2) is 0 Å². The van der Waals surface area contributed by atoms with Gasteiger partial charge in [-0.3, -0.25) is 0 Å². The van der Waals surface area contributed by atoms with Gasteiger partial charge in [-0.1, -0.05) is 26.0 Å². The van der Waals surface area contributed by atoms with Crippen molar-refractivity contribution in [3.05, 3.63) is 35.6 Å². The number of halogens is 1. The summed E-state index contributed by atoms with van der Waals surface area (Å²) >= 11 is 0. The number of amides is 2. The number of carbonyl (C=O) groups is 1. The van der Waals surface area contributed by atoms with E-state index in [4.69, 9.17) is 5.11 Å². The molecule has 1 unspecified atom stereocenters. The third-order valence-electron chi connectivity index (χ3n) is 4.13. The van der Waals surface area contributed by atoms with Crippen LogP contribution in [-0.4, -0.2) is 24.3 Å². The van der Waals surface area contributed by atoms with Crippen LogP contribution in [0.4, 0.5) is 9.18 Å². The molecule has 0 radical (unpaired) electrons. The third-order valence-corrected chi connectivity index (χ3v) is 4.13. The standard InChI is InChI=1S/C17H25FN2O2/c1-17(2,9-10-21)11-19-16(22)20-15(12-3-4-12)13-5-7-14(18)8-6-13/h5-8,12,15,21H,3-4,9-11H2,1-2H3,(H2,19,20,22). The molecule has 1 aromatic rings. The second-order valence-corrected chi connectivity index (χ2v) is 6.83. The van der Waals surface area contributed by atoms with Crippen LogP contribution in [0.15, 0.2) is 24.3 Å². The van der Waals surface area contributed by atoms with Gasteiger partial charge in [-0.05, 0) is 48.3 Å². The predicted octanol–water partition coefficient (Wildman–Crippen LogP) is 2.98. The van der Waals surface area contributed by atoms with Crippen LogP contribution in [0.5, 0.6) is 0 Å². The van der Waals surface area contributed by atoms with Crippen LogP contribution in [0.3, 0.4) is 0 Å². The van der Waals surface area contributed by atoms with E-state index in [-0.39, 0.29) is 29.9 Å². The molecule has 1 fully saturated rings. The number of aliphatic hydroxyl groups excluding tert-OH is 1. The van der Waals surface area contributed by atoms with Gasteiger partial charge in [0.05, 0.1) is 6.04 Å². The summed E-state index contributed by atoms with van der Waals surface area (Å²) in [5.41, 5.74) is 0.797. The molecule has 0 bridgehead atoms. The molecule has 2 rings (SSSR count). The molecule has 1 aromatic carbocycles. The largest absolute Gasteiger partial charge is 0.396 e. The maximum absolute atomic E-state index is 13.0. The van der Waals surface area contributed by atoms with Crippen LogP contribution in [0.25, 0.3) is 0 Å². The first-order valence-electron chi connectivity index (χ1n) is 7.82. The lowest BCUT2D eigenvalue weighted by Gasteiger charge is -2.25. The number of rotatable bonds is 7. The first-order valence-corrected chi connectivity index (χ1v) is 7.82. The molecular formula is C17H25FN2O2. The van der Waals surface area contributed by atoms with Crippen molar-refractivity contribution in [2.45, 2.75) is 39.2 Å². The molecule has 2 amide bonds. The molecule has 0 spiro atoms. The van der Waals surface area contributed by atoms with Crippen LogP contribution in [0, 0.1) is 17.2 Å². The minimum absolute atomic E-state index is 0.0680. The Kier molecular flexibility index (Phi) is 5.40. The number of urea groups is 1. The first-order chi connectivity index (χ1) is 10.4. The topological polar surface area (TPSA) is 61.4 Å². The van der Waals surface area contributed by atoms with E-state index < -0.39 is 0 Å². The van der Waals surface area contributed by atoms with E-state index in [0.29, 0.717) is 18.9 Å². The molecule has 0 heterocycles. The summed E-state index contributed by atoms with van der Waals surface area (Å²) in [5, 5.41) is 14.9. The van der Waals surface area contributed by atoms with Crippen LogP contribution < -0.4 is 10.6 Å². The molecule has 122 valence electrons. The maximum atomic E-state index is 13.0. The van der Waals surface area contributed by atoms with Crippen molar-refractivity contribution in [2.24, 2.45) is 11.3 Å². The summed E-state index contributed by atoms with van der Waals surface area (Å²) in [7, 11) is 0. The van der Waals surface area contributed by atoms with Gasteiger partial charge in [0.1, 0.15) is 5.82 Å². The lowest BCUT2D eigenvalue weighted by molar-refractivity contribution is 0.199. The molecule has 1 saturated carbocycles. The molecule has 0 saturated heterocycles. The Hall–Kier alpha value is -1.62. The second-order valence-electron chi connectivity index (χ2n) is 6.83. The Morgan fingerprint density at radius 1 is 1.36 bits per heavy atom. The number of hydrogen-bond acceptors (Lipinski definition) is 2. The molecule has 1 aliphatic rings. The van der Waals surface area contributed by atoms with E-state index in [1.165, 1.54) is 12.1 Å². The smallest absolute Gasteiger partial charge is 0.315 e. The van der Waals surface area contributed by atoms with Crippen molar-refractivity contribution in [2.75, 3.05) is 13.2 Å². The molecule has 22 heavy (non-hydrogen) atoms. The highest BCUT2D eigenvalue weighted by Crippen LogP contribution is 2.40. The van der Waals surface area contributed by atoms with Gasteiger partial charge < -0.3 is 15.7 Å². The molecule has 1 atom stereocenters. The van der Waals surface area contributed by atoms with Gasteiger partial charge in [-0.15, -0.1) is 0 Å². The molecular weight excluding hydrogens is 283 g/mol. The number of hydrogen-bond donors (Lipinski definition) is 3. The maximum Gasteiger partial charge on any atom is 0.315 e. The SMILES string of the molecule is CC(C)(CCO)CNC(=O)NC(c1ccc(F)cc1)C1CC1. The second kappa shape index (κ2) is 7.09. The quantitative estimate of drug-likeness (QED) is 0.725. The molecule has 4 nitrogen and oxygen atoms in total. The van der Waals surface area contributed by atoms with Crippen molar-refractivity contribution < 1.29 is 14.3 Å². The lowest BCUT2D eigenvalue weighted by Crippen LogP contribution is -2.42. The zero-order valence-electron chi connectivity index (χ0n) is 13.2. The summed E-state index contributed by atoms with van der Waals surface area (Å²) in [6.07, 6.45) is 2.80. The molecule has 0 aromatic heterocycles. The van der Waals surface area contributed by atoms with Gasteiger partial charge >= 0.3 is 6.03 Å². The van der Waals surface area contributed by atoms with E-state index in [1.807, 2.05) is 13.8 Å². The molecule has 5 heteroatoms. The number of aliphatic hydroxyl groups is 1. The van der Waals surface area contributed by atoms with Crippen molar-refractivity contribution in [3.8, 4) is 0 Å². The van der Waals surface area contributed by atoms with Gasteiger partial charge in [0.2, 0.25) is 0 Å². The highest BCUT2D eigenvalue weighted by molar-refractivity contribution is 5.74. The fourth-order valence-corrected chi connectivity index (χ4v) is 2.48. The predicted molar refractivity (Wildman–Crippen MR) is 83.9 cm³/mol. The average molecular weight is 308 g/mol. The minimum Gasteiger partial charge on any atom is -0.396 e. The highest BCUT2D eigenvalue weighted by atomic mass is 19.1. The molecule has 3 N–H and O–H groups in total. The third kappa shape index (κ3) is 4.98. The number of benzene rings is 1. The Labute approximate surface area is 131 Å². The van der Waals surface area contributed by atoms with Crippen LogP contribution in [0.2, 0.25) is 0 Å². The van der Waals surface area contributed by atoms with Crippen molar-refractivity contribution in [1.29, 1.82) is 0 Å².